The summed E-state index contributed by atoms with van der Waals surface area (Å²) in [5, 5.41) is 0. The van der Waals surface area contributed by atoms with Crippen molar-refractivity contribution in [1.82, 2.24) is 0 Å². The van der Waals surface area contributed by atoms with Crippen molar-refractivity contribution in [2.24, 2.45) is 5.73 Å². The molecular weight excluding hydrogens is 238 g/mol. The third-order valence-electron chi connectivity index (χ3n) is 3.16. The molecule has 3 heteroatoms. The molecule has 0 fully saturated rings. The minimum Gasteiger partial charge on any atom is -0.465 e. The first-order chi connectivity index (χ1) is 9.17. The van der Waals surface area contributed by atoms with Crippen LogP contribution in [0.5, 0.6) is 0 Å². The molecule has 0 spiro atoms. The predicted octanol–water partition coefficient (Wildman–Crippen LogP) is 2.91. The molecule has 98 valence electrons. The topological polar surface area (TPSA) is 52.3 Å². The van der Waals surface area contributed by atoms with Crippen LogP contribution in [0.15, 0.2) is 42.5 Å². The van der Waals surface area contributed by atoms with Crippen molar-refractivity contribution < 1.29 is 9.53 Å². The van der Waals surface area contributed by atoms with Crippen LogP contribution >= 0.6 is 0 Å². The summed E-state index contributed by atoms with van der Waals surface area (Å²) in [6.07, 6.45) is 0. The van der Waals surface area contributed by atoms with E-state index in [0.29, 0.717) is 12.1 Å². The molecule has 2 rings (SSSR count). The average Bonchev–Trinajstić information content (AvgIpc) is 2.46. The van der Waals surface area contributed by atoms with E-state index >= 15 is 0 Å². The highest BCUT2D eigenvalue weighted by atomic mass is 16.5. The van der Waals surface area contributed by atoms with Gasteiger partial charge in [-0.15, -0.1) is 0 Å². The Bertz CT molecular complexity index is 605. The Hall–Kier alpha value is -2.13. The Morgan fingerprint density at radius 2 is 1.89 bits per heavy atom. The van der Waals surface area contributed by atoms with Crippen LogP contribution in [-0.4, -0.2) is 13.1 Å². The molecule has 0 unspecified atom stereocenters. The molecule has 0 saturated carbocycles. The number of nitrogens with two attached hydrogens (primary N) is 1. The predicted molar refractivity (Wildman–Crippen MR) is 75.8 cm³/mol. The fraction of sp³-hybridized carbons (Fsp3) is 0.188. The molecule has 0 aliphatic rings. The number of aryl methyl sites for hydroxylation is 1. The summed E-state index contributed by atoms with van der Waals surface area (Å²) in [7, 11) is 1.39. The van der Waals surface area contributed by atoms with Crippen molar-refractivity contribution in [3.63, 3.8) is 0 Å². The van der Waals surface area contributed by atoms with E-state index in [2.05, 4.69) is 0 Å². The van der Waals surface area contributed by atoms with Crippen LogP contribution in [0.1, 0.15) is 21.5 Å². The molecule has 2 aromatic rings. The van der Waals surface area contributed by atoms with Crippen LogP contribution in [0.4, 0.5) is 0 Å². The highest BCUT2D eigenvalue weighted by Crippen LogP contribution is 2.28. The van der Waals surface area contributed by atoms with E-state index in [9.17, 15) is 4.79 Å². The van der Waals surface area contributed by atoms with Gasteiger partial charge in [0.25, 0.3) is 0 Å². The monoisotopic (exact) mass is 255 g/mol. The van der Waals surface area contributed by atoms with E-state index in [4.69, 9.17) is 10.5 Å². The van der Waals surface area contributed by atoms with Gasteiger partial charge in [-0.05, 0) is 41.3 Å². The maximum atomic E-state index is 11.9. The Morgan fingerprint density at radius 3 is 2.53 bits per heavy atom. The van der Waals surface area contributed by atoms with Crippen LogP contribution in [0.3, 0.4) is 0 Å². The molecule has 0 saturated heterocycles. The van der Waals surface area contributed by atoms with Crippen LogP contribution in [0.25, 0.3) is 11.1 Å². The number of rotatable bonds is 3. The zero-order chi connectivity index (χ0) is 13.8. The average molecular weight is 255 g/mol. The molecular formula is C16H17NO2. The van der Waals surface area contributed by atoms with Gasteiger partial charge in [-0.25, -0.2) is 4.79 Å². The number of ether oxygens (including phenoxy) is 1. The zero-order valence-corrected chi connectivity index (χ0v) is 11.1. The number of hydrogen-bond acceptors (Lipinski definition) is 3. The molecule has 0 aliphatic heterocycles. The van der Waals surface area contributed by atoms with E-state index in [1.807, 2.05) is 43.3 Å². The largest absolute Gasteiger partial charge is 0.465 e. The summed E-state index contributed by atoms with van der Waals surface area (Å²) < 4.78 is 4.84. The second kappa shape index (κ2) is 5.67. The highest BCUT2D eigenvalue weighted by molar-refractivity contribution is 5.97. The lowest BCUT2D eigenvalue weighted by Gasteiger charge is -2.12. The first-order valence-electron chi connectivity index (χ1n) is 6.14. The highest BCUT2D eigenvalue weighted by Gasteiger charge is 2.14. The molecule has 2 N–H and O–H groups in total. The summed E-state index contributed by atoms with van der Waals surface area (Å²) in [6.45, 7) is 2.46. The van der Waals surface area contributed by atoms with Gasteiger partial charge in [0.1, 0.15) is 0 Å². The van der Waals surface area contributed by atoms with Gasteiger partial charge in [0.05, 0.1) is 12.7 Å². The van der Waals surface area contributed by atoms with Crippen molar-refractivity contribution in [3.05, 3.63) is 59.2 Å². The van der Waals surface area contributed by atoms with E-state index in [-0.39, 0.29) is 5.97 Å². The molecule has 3 nitrogen and oxygen atoms in total. The number of carbonyl (C=O) groups is 1. The number of benzene rings is 2. The second-order valence-electron chi connectivity index (χ2n) is 4.39. The Morgan fingerprint density at radius 1 is 1.16 bits per heavy atom. The zero-order valence-electron chi connectivity index (χ0n) is 11.1. The van der Waals surface area contributed by atoms with E-state index in [1.165, 1.54) is 7.11 Å². The Labute approximate surface area is 113 Å². The van der Waals surface area contributed by atoms with Crippen LogP contribution < -0.4 is 5.73 Å². The lowest BCUT2D eigenvalue weighted by atomic mass is 9.94. The number of hydrogen-bond donors (Lipinski definition) is 1. The van der Waals surface area contributed by atoms with Gasteiger partial charge >= 0.3 is 5.97 Å². The van der Waals surface area contributed by atoms with Crippen molar-refractivity contribution in [1.29, 1.82) is 0 Å². The second-order valence-corrected chi connectivity index (χ2v) is 4.39. The number of esters is 1. The van der Waals surface area contributed by atoms with Gasteiger partial charge in [-0.3, -0.25) is 0 Å². The van der Waals surface area contributed by atoms with Crippen LogP contribution in [0.2, 0.25) is 0 Å². The summed E-state index contributed by atoms with van der Waals surface area (Å²) in [6, 6.07) is 13.5. The maximum absolute atomic E-state index is 11.9. The molecule has 0 radical (unpaired) electrons. The van der Waals surface area contributed by atoms with Crippen LogP contribution in [0, 0.1) is 6.92 Å². The van der Waals surface area contributed by atoms with E-state index in [1.54, 1.807) is 6.07 Å². The smallest absolute Gasteiger partial charge is 0.338 e. The SMILES string of the molecule is COC(=O)c1ccc(CN)cc1-c1ccccc1C. The van der Waals surface area contributed by atoms with Gasteiger partial charge in [0.2, 0.25) is 0 Å². The standard InChI is InChI=1S/C16H17NO2/c1-11-5-3-4-6-13(11)15-9-12(10-17)7-8-14(15)16(18)19-2/h3-9H,10,17H2,1-2H3. The fourth-order valence-corrected chi connectivity index (χ4v) is 2.10. The minimum atomic E-state index is -0.332. The van der Waals surface area contributed by atoms with Gasteiger partial charge in [0, 0.05) is 6.54 Å². The Kier molecular flexibility index (Phi) is 3.97. The summed E-state index contributed by atoms with van der Waals surface area (Å²) in [5.74, 6) is -0.332. The van der Waals surface area contributed by atoms with E-state index in [0.717, 1.165) is 22.3 Å². The van der Waals surface area contributed by atoms with Crippen molar-refractivity contribution in [3.8, 4) is 11.1 Å². The van der Waals surface area contributed by atoms with Gasteiger partial charge in [-0.1, -0.05) is 30.3 Å². The molecule has 0 amide bonds. The first kappa shape index (κ1) is 13.3. The lowest BCUT2D eigenvalue weighted by molar-refractivity contribution is 0.0601. The maximum Gasteiger partial charge on any atom is 0.338 e. The van der Waals surface area contributed by atoms with Crippen molar-refractivity contribution in [2.75, 3.05) is 7.11 Å². The lowest BCUT2D eigenvalue weighted by Crippen LogP contribution is -2.06. The molecule has 0 atom stereocenters. The minimum absolute atomic E-state index is 0.332. The molecule has 2 aromatic carbocycles. The molecule has 0 bridgehead atoms. The summed E-state index contributed by atoms with van der Waals surface area (Å²) in [5.41, 5.74) is 10.2. The molecule has 0 aliphatic carbocycles. The third kappa shape index (κ3) is 2.66. The third-order valence-corrected chi connectivity index (χ3v) is 3.16. The molecule has 0 aromatic heterocycles. The molecule has 19 heavy (non-hydrogen) atoms. The summed E-state index contributed by atoms with van der Waals surface area (Å²) in [4.78, 5) is 11.9. The van der Waals surface area contributed by atoms with Crippen molar-refractivity contribution >= 4 is 5.97 Å². The van der Waals surface area contributed by atoms with Crippen molar-refractivity contribution in [2.45, 2.75) is 13.5 Å². The van der Waals surface area contributed by atoms with Gasteiger partial charge < -0.3 is 10.5 Å². The quantitative estimate of drug-likeness (QED) is 0.858. The van der Waals surface area contributed by atoms with Gasteiger partial charge in [-0.2, -0.15) is 0 Å². The number of carbonyl (C=O) groups excluding carboxylic acids is 1. The number of methoxy groups -OCH3 is 1. The van der Waals surface area contributed by atoms with E-state index < -0.39 is 0 Å². The van der Waals surface area contributed by atoms with Gasteiger partial charge in [0.15, 0.2) is 0 Å². The summed E-state index contributed by atoms with van der Waals surface area (Å²) >= 11 is 0. The molecule has 0 heterocycles. The van der Waals surface area contributed by atoms with Crippen LogP contribution in [-0.2, 0) is 11.3 Å². The first-order valence-corrected chi connectivity index (χ1v) is 6.14. The normalized spacial score (nSPS) is 10.3. The fourth-order valence-electron chi connectivity index (χ4n) is 2.10. The Balaban J connectivity index is 2.65.